The third-order valence-corrected chi connectivity index (χ3v) is 3.10. The molecular weight excluding hydrogens is 284 g/mol. The average Bonchev–Trinajstić information content (AvgIpc) is 2.40. The van der Waals surface area contributed by atoms with E-state index in [2.05, 4.69) is 0 Å². The highest BCUT2D eigenvalue weighted by molar-refractivity contribution is 6.31. The Morgan fingerprint density at radius 2 is 2.15 bits per heavy atom. The molecule has 0 saturated heterocycles. The number of likely N-dealkylation sites (N-methyl/N-ethyl adjacent to an activating group) is 1. The second kappa shape index (κ2) is 7.81. The number of nitro benzene ring substituents is 1. The van der Waals surface area contributed by atoms with E-state index in [-0.39, 0.29) is 18.2 Å². The van der Waals surface area contributed by atoms with Gasteiger partial charge in [-0.2, -0.15) is 0 Å². The van der Waals surface area contributed by atoms with Crippen molar-refractivity contribution >= 4 is 23.3 Å². The highest BCUT2D eigenvalue weighted by Crippen LogP contribution is 2.23. The van der Waals surface area contributed by atoms with Crippen LogP contribution in [0.1, 0.15) is 19.4 Å². The summed E-state index contributed by atoms with van der Waals surface area (Å²) in [6.07, 6.45) is 0. The van der Waals surface area contributed by atoms with Crippen molar-refractivity contribution in [3.05, 3.63) is 38.9 Å². The summed E-state index contributed by atoms with van der Waals surface area (Å²) >= 11 is 6.02. The minimum atomic E-state index is -0.494. The summed E-state index contributed by atoms with van der Waals surface area (Å²) in [5.41, 5.74) is 0.690. The van der Waals surface area contributed by atoms with Crippen LogP contribution >= 0.6 is 11.6 Å². The van der Waals surface area contributed by atoms with Crippen LogP contribution in [0.15, 0.2) is 18.2 Å². The summed E-state index contributed by atoms with van der Waals surface area (Å²) in [7, 11) is 0. The van der Waals surface area contributed by atoms with Crippen LogP contribution in [-0.4, -0.2) is 35.5 Å². The standard InChI is InChI=1S/C13H17ClN2O4/c1-3-15(9-13(17)20-4-2)8-10-5-6-11(16(18)19)7-12(10)14/h5-7H,3-4,8-9H2,1-2H3. The number of nitro groups is 1. The molecule has 6 nitrogen and oxygen atoms in total. The van der Waals surface area contributed by atoms with E-state index >= 15 is 0 Å². The van der Waals surface area contributed by atoms with Gasteiger partial charge in [0.05, 0.1) is 23.1 Å². The number of carbonyl (C=O) groups is 1. The molecule has 0 amide bonds. The van der Waals surface area contributed by atoms with Crippen LogP contribution in [0.4, 0.5) is 5.69 Å². The topological polar surface area (TPSA) is 72.7 Å². The third kappa shape index (κ3) is 4.79. The molecule has 0 unspecified atom stereocenters. The molecule has 0 aromatic heterocycles. The van der Waals surface area contributed by atoms with Gasteiger partial charge in [-0.05, 0) is 25.1 Å². The van der Waals surface area contributed by atoms with Crippen molar-refractivity contribution in [3.8, 4) is 0 Å². The Morgan fingerprint density at radius 1 is 1.45 bits per heavy atom. The molecule has 0 heterocycles. The summed E-state index contributed by atoms with van der Waals surface area (Å²) in [5, 5.41) is 11.0. The SMILES string of the molecule is CCOC(=O)CN(CC)Cc1ccc([N+](=O)[O-])cc1Cl. The Bertz CT molecular complexity index is 493. The second-order valence-corrected chi connectivity index (χ2v) is 4.55. The van der Waals surface area contributed by atoms with E-state index in [1.54, 1.807) is 13.0 Å². The molecule has 1 aromatic carbocycles. The van der Waals surface area contributed by atoms with Crippen molar-refractivity contribution < 1.29 is 14.5 Å². The lowest BCUT2D eigenvalue weighted by Gasteiger charge is -2.19. The molecule has 20 heavy (non-hydrogen) atoms. The Morgan fingerprint density at radius 3 is 2.65 bits per heavy atom. The first-order valence-electron chi connectivity index (χ1n) is 6.28. The van der Waals surface area contributed by atoms with E-state index in [0.29, 0.717) is 24.7 Å². The number of ether oxygens (including phenoxy) is 1. The zero-order chi connectivity index (χ0) is 15.1. The van der Waals surface area contributed by atoms with E-state index in [9.17, 15) is 14.9 Å². The molecule has 0 saturated carbocycles. The summed E-state index contributed by atoms with van der Waals surface area (Å²) < 4.78 is 4.89. The van der Waals surface area contributed by atoms with Crippen LogP contribution < -0.4 is 0 Å². The van der Waals surface area contributed by atoms with Gasteiger partial charge >= 0.3 is 5.97 Å². The van der Waals surface area contributed by atoms with Gasteiger partial charge in [0.2, 0.25) is 0 Å². The summed E-state index contributed by atoms with van der Waals surface area (Å²) in [6.45, 7) is 5.25. The molecule has 7 heteroatoms. The number of non-ortho nitro benzene ring substituents is 1. The van der Waals surface area contributed by atoms with Gasteiger partial charge in [-0.25, -0.2) is 0 Å². The minimum absolute atomic E-state index is 0.0489. The predicted octanol–water partition coefficient (Wildman–Crippen LogP) is 2.63. The molecule has 0 spiro atoms. The van der Waals surface area contributed by atoms with Crippen molar-refractivity contribution in [1.82, 2.24) is 4.90 Å². The van der Waals surface area contributed by atoms with E-state index in [1.807, 2.05) is 11.8 Å². The van der Waals surface area contributed by atoms with E-state index < -0.39 is 4.92 Å². The first-order valence-corrected chi connectivity index (χ1v) is 6.66. The Labute approximate surface area is 122 Å². The fraction of sp³-hybridized carbons (Fsp3) is 0.462. The number of halogens is 1. The molecule has 0 N–H and O–H groups in total. The number of rotatable bonds is 7. The number of nitrogens with zero attached hydrogens (tertiary/aromatic N) is 2. The quantitative estimate of drug-likeness (QED) is 0.440. The Balaban J connectivity index is 2.75. The van der Waals surface area contributed by atoms with Crippen molar-refractivity contribution in [1.29, 1.82) is 0 Å². The largest absolute Gasteiger partial charge is 0.465 e. The maximum absolute atomic E-state index is 11.4. The number of benzene rings is 1. The summed E-state index contributed by atoms with van der Waals surface area (Å²) in [4.78, 5) is 23.4. The monoisotopic (exact) mass is 300 g/mol. The second-order valence-electron chi connectivity index (χ2n) is 4.14. The molecule has 0 bridgehead atoms. The normalized spacial score (nSPS) is 10.6. The van der Waals surface area contributed by atoms with E-state index in [1.165, 1.54) is 12.1 Å². The van der Waals surface area contributed by atoms with Crippen LogP contribution in [0, 0.1) is 10.1 Å². The van der Waals surface area contributed by atoms with Gasteiger partial charge in [-0.1, -0.05) is 18.5 Å². The van der Waals surface area contributed by atoms with Crippen molar-refractivity contribution in [2.45, 2.75) is 20.4 Å². The smallest absolute Gasteiger partial charge is 0.320 e. The van der Waals surface area contributed by atoms with Gasteiger partial charge in [-0.3, -0.25) is 19.8 Å². The number of esters is 1. The predicted molar refractivity (Wildman–Crippen MR) is 75.7 cm³/mol. The van der Waals surface area contributed by atoms with Gasteiger partial charge in [-0.15, -0.1) is 0 Å². The lowest BCUT2D eigenvalue weighted by molar-refractivity contribution is -0.384. The first kappa shape index (κ1) is 16.4. The van der Waals surface area contributed by atoms with Crippen LogP contribution in [-0.2, 0) is 16.1 Å². The van der Waals surface area contributed by atoms with Crippen molar-refractivity contribution in [2.75, 3.05) is 19.7 Å². The zero-order valence-corrected chi connectivity index (χ0v) is 12.2. The van der Waals surface area contributed by atoms with Crippen LogP contribution in [0.2, 0.25) is 5.02 Å². The molecule has 1 rings (SSSR count). The molecule has 0 aliphatic heterocycles. The zero-order valence-electron chi connectivity index (χ0n) is 11.5. The van der Waals surface area contributed by atoms with E-state index in [0.717, 1.165) is 5.56 Å². The van der Waals surface area contributed by atoms with Gasteiger partial charge in [0, 0.05) is 18.7 Å². The van der Waals surface area contributed by atoms with Gasteiger partial charge in [0.15, 0.2) is 0 Å². The van der Waals surface area contributed by atoms with Gasteiger partial charge in [0.25, 0.3) is 5.69 Å². The van der Waals surface area contributed by atoms with E-state index in [4.69, 9.17) is 16.3 Å². The molecule has 0 fully saturated rings. The maximum atomic E-state index is 11.4. The Kier molecular flexibility index (Phi) is 6.41. The molecule has 0 aliphatic carbocycles. The van der Waals surface area contributed by atoms with Gasteiger partial charge < -0.3 is 4.74 Å². The number of carbonyl (C=O) groups excluding carboxylic acids is 1. The van der Waals surface area contributed by atoms with Crippen LogP contribution in [0.3, 0.4) is 0 Å². The third-order valence-electron chi connectivity index (χ3n) is 2.75. The number of hydrogen-bond donors (Lipinski definition) is 0. The van der Waals surface area contributed by atoms with Crippen molar-refractivity contribution in [3.63, 3.8) is 0 Å². The first-order chi connectivity index (χ1) is 9.47. The number of hydrogen-bond acceptors (Lipinski definition) is 5. The molecule has 1 aromatic rings. The highest BCUT2D eigenvalue weighted by Gasteiger charge is 2.14. The lowest BCUT2D eigenvalue weighted by Crippen LogP contribution is -2.30. The molecule has 0 aliphatic rings. The lowest BCUT2D eigenvalue weighted by atomic mass is 10.2. The molecule has 0 atom stereocenters. The summed E-state index contributed by atoms with van der Waals surface area (Å²) in [5.74, 6) is -0.299. The molecular formula is C13H17ClN2O4. The van der Waals surface area contributed by atoms with Crippen LogP contribution in [0.5, 0.6) is 0 Å². The highest BCUT2D eigenvalue weighted by atomic mass is 35.5. The summed E-state index contributed by atoms with van der Waals surface area (Å²) in [6, 6.07) is 4.32. The Hall–Kier alpha value is -1.66. The molecule has 110 valence electrons. The van der Waals surface area contributed by atoms with Crippen LogP contribution in [0.25, 0.3) is 0 Å². The minimum Gasteiger partial charge on any atom is -0.465 e. The van der Waals surface area contributed by atoms with Crippen molar-refractivity contribution in [2.24, 2.45) is 0 Å². The van der Waals surface area contributed by atoms with Gasteiger partial charge in [0.1, 0.15) is 0 Å². The average molecular weight is 301 g/mol. The fourth-order valence-electron chi connectivity index (χ4n) is 1.69. The molecule has 0 radical (unpaired) electrons. The maximum Gasteiger partial charge on any atom is 0.320 e. The fourth-order valence-corrected chi connectivity index (χ4v) is 1.92.